The molecule has 4 nitrogen and oxygen atoms in total. The summed E-state index contributed by atoms with van der Waals surface area (Å²) in [4.78, 5) is 11.8. The highest BCUT2D eigenvalue weighted by Crippen LogP contribution is 2.07. The molecule has 2 unspecified atom stereocenters. The largest absolute Gasteiger partial charge is 0.383 e. The summed E-state index contributed by atoms with van der Waals surface area (Å²) in [5.41, 5.74) is 0. The van der Waals surface area contributed by atoms with Crippen LogP contribution >= 0.6 is 0 Å². The summed E-state index contributed by atoms with van der Waals surface area (Å²) in [6.07, 6.45) is 2.04. The predicted molar refractivity (Wildman–Crippen MR) is 59.7 cm³/mol. The van der Waals surface area contributed by atoms with Gasteiger partial charge in [0, 0.05) is 7.11 Å². The van der Waals surface area contributed by atoms with Gasteiger partial charge in [-0.3, -0.25) is 4.79 Å². The van der Waals surface area contributed by atoms with E-state index in [9.17, 15) is 4.79 Å². The lowest BCUT2D eigenvalue weighted by Gasteiger charge is -2.23. The van der Waals surface area contributed by atoms with Crippen LogP contribution in [0.1, 0.15) is 26.7 Å². The molecule has 0 aromatic heterocycles. The Morgan fingerprint density at radius 1 is 1.60 bits per heavy atom. The van der Waals surface area contributed by atoms with Crippen LogP contribution in [0.25, 0.3) is 0 Å². The Kier molecular flexibility index (Phi) is 5.05. The van der Waals surface area contributed by atoms with Crippen molar-refractivity contribution < 1.29 is 9.53 Å². The number of hydrogen-bond donors (Lipinski definition) is 2. The van der Waals surface area contributed by atoms with Crippen LogP contribution in [0.15, 0.2) is 0 Å². The van der Waals surface area contributed by atoms with Crippen molar-refractivity contribution in [3.63, 3.8) is 0 Å². The average Bonchev–Trinajstić information content (AvgIpc) is 2.69. The molecule has 0 aromatic rings. The Hall–Kier alpha value is -0.610. The number of methoxy groups -OCH3 is 1. The molecule has 0 saturated carbocycles. The van der Waals surface area contributed by atoms with E-state index in [0.29, 0.717) is 12.5 Å². The van der Waals surface area contributed by atoms with Gasteiger partial charge in [-0.15, -0.1) is 0 Å². The predicted octanol–water partition coefficient (Wildman–Crippen LogP) is 0.526. The molecule has 88 valence electrons. The van der Waals surface area contributed by atoms with Crippen molar-refractivity contribution in [2.75, 3.05) is 20.3 Å². The van der Waals surface area contributed by atoms with E-state index in [-0.39, 0.29) is 18.0 Å². The summed E-state index contributed by atoms with van der Waals surface area (Å²) >= 11 is 0. The van der Waals surface area contributed by atoms with Gasteiger partial charge in [0.15, 0.2) is 0 Å². The molecule has 1 aliphatic rings. The Morgan fingerprint density at radius 3 is 2.80 bits per heavy atom. The summed E-state index contributed by atoms with van der Waals surface area (Å²) in [7, 11) is 1.66. The zero-order valence-corrected chi connectivity index (χ0v) is 9.88. The first kappa shape index (κ1) is 12.5. The van der Waals surface area contributed by atoms with Crippen molar-refractivity contribution in [2.24, 2.45) is 5.92 Å². The number of carbonyl (C=O) groups is 1. The molecule has 0 aliphatic carbocycles. The van der Waals surface area contributed by atoms with Crippen LogP contribution in [0.3, 0.4) is 0 Å². The van der Waals surface area contributed by atoms with Gasteiger partial charge in [0.25, 0.3) is 0 Å². The molecule has 0 radical (unpaired) electrons. The quantitative estimate of drug-likeness (QED) is 0.701. The third kappa shape index (κ3) is 3.80. The highest BCUT2D eigenvalue weighted by Gasteiger charge is 2.25. The number of carbonyl (C=O) groups excluding carboxylic acids is 1. The molecule has 4 heteroatoms. The number of rotatable bonds is 5. The smallest absolute Gasteiger partial charge is 0.237 e. The van der Waals surface area contributed by atoms with Gasteiger partial charge >= 0.3 is 0 Å². The van der Waals surface area contributed by atoms with Crippen LogP contribution in [-0.2, 0) is 9.53 Å². The molecule has 2 atom stereocenters. The van der Waals surface area contributed by atoms with Gasteiger partial charge < -0.3 is 15.4 Å². The van der Waals surface area contributed by atoms with E-state index >= 15 is 0 Å². The van der Waals surface area contributed by atoms with Crippen molar-refractivity contribution in [3.8, 4) is 0 Å². The molecule has 1 fully saturated rings. The third-order valence-electron chi connectivity index (χ3n) is 2.86. The fraction of sp³-hybridized carbons (Fsp3) is 0.909. The Morgan fingerprint density at radius 2 is 2.33 bits per heavy atom. The van der Waals surface area contributed by atoms with Crippen molar-refractivity contribution in [1.82, 2.24) is 10.6 Å². The van der Waals surface area contributed by atoms with Crippen molar-refractivity contribution in [2.45, 2.75) is 38.8 Å². The van der Waals surface area contributed by atoms with E-state index in [4.69, 9.17) is 4.74 Å². The maximum Gasteiger partial charge on any atom is 0.237 e. The minimum absolute atomic E-state index is 0.00288. The second-order valence-electron chi connectivity index (χ2n) is 4.46. The molecule has 0 spiro atoms. The van der Waals surface area contributed by atoms with Crippen LogP contribution in [0.4, 0.5) is 0 Å². The van der Waals surface area contributed by atoms with Crippen LogP contribution in [0.5, 0.6) is 0 Å². The molecule has 2 N–H and O–H groups in total. The molecule has 1 amide bonds. The van der Waals surface area contributed by atoms with Gasteiger partial charge in [0.1, 0.15) is 0 Å². The second kappa shape index (κ2) is 6.08. The molecule has 1 heterocycles. The lowest BCUT2D eigenvalue weighted by atomic mass is 10.0. The monoisotopic (exact) mass is 214 g/mol. The summed E-state index contributed by atoms with van der Waals surface area (Å²) in [5, 5.41) is 6.22. The van der Waals surface area contributed by atoms with E-state index < -0.39 is 0 Å². The van der Waals surface area contributed by atoms with E-state index in [0.717, 1.165) is 19.4 Å². The van der Waals surface area contributed by atoms with Crippen LogP contribution in [0.2, 0.25) is 0 Å². The zero-order chi connectivity index (χ0) is 11.3. The van der Waals surface area contributed by atoms with Gasteiger partial charge in [-0.25, -0.2) is 0 Å². The summed E-state index contributed by atoms with van der Waals surface area (Å²) in [6, 6.07) is 0.119. The third-order valence-corrected chi connectivity index (χ3v) is 2.86. The molecule has 15 heavy (non-hydrogen) atoms. The fourth-order valence-electron chi connectivity index (χ4n) is 1.77. The molecule has 1 rings (SSSR count). The standard InChI is InChI=1S/C11H22N2O2/c1-8(2)10(7-15-3)13-11(14)9-5-4-6-12-9/h8-10,12H,4-7H2,1-3H3,(H,13,14). The maximum absolute atomic E-state index is 11.8. The van der Waals surface area contributed by atoms with Crippen molar-refractivity contribution in [3.05, 3.63) is 0 Å². The first-order chi connectivity index (χ1) is 7.15. The number of amides is 1. The molecule has 0 aromatic carbocycles. The SMILES string of the molecule is COCC(NC(=O)C1CCCN1)C(C)C. The van der Waals surface area contributed by atoms with Gasteiger partial charge in [-0.1, -0.05) is 13.8 Å². The summed E-state index contributed by atoms with van der Waals surface area (Å²) < 4.78 is 5.09. The van der Waals surface area contributed by atoms with Gasteiger partial charge in [0.2, 0.25) is 5.91 Å². The van der Waals surface area contributed by atoms with Crippen LogP contribution < -0.4 is 10.6 Å². The lowest BCUT2D eigenvalue weighted by Crippen LogP contribution is -2.48. The first-order valence-corrected chi connectivity index (χ1v) is 5.68. The first-order valence-electron chi connectivity index (χ1n) is 5.68. The van der Waals surface area contributed by atoms with E-state index in [2.05, 4.69) is 24.5 Å². The fourth-order valence-corrected chi connectivity index (χ4v) is 1.77. The van der Waals surface area contributed by atoms with Crippen LogP contribution in [0, 0.1) is 5.92 Å². The highest BCUT2D eigenvalue weighted by molar-refractivity contribution is 5.82. The zero-order valence-electron chi connectivity index (χ0n) is 9.88. The van der Waals surface area contributed by atoms with Gasteiger partial charge in [0.05, 0.1) is 18.7 Å². The minimum atomic E-state index is 0.00288. The summed E-state index contributed by atoms with van der Waals surface area (Å²) in [5.74, 6) is 0.513. The second-order valence-corrected chi connectivity index (χ2v) is 4.46. The molecule has 0 bridgehead atoms. The number of hydrogen-bond acceptors (Lipinski definition) is 3. The van der Waals surface area contributed by atoms with E-state index in [1.54, 1.807) is 7.11 Å². The van der Waals surface area contributed by atoms with Crippen molar-refractivity contribution in [1.29, 1.82) is 0 Å². The maximum atomic E-state index is 11.8. The van der Waals surface area contributed by atoms with Gasteiger partial charge in [-0.05, 0) is 25.3 Å². The highest BCUT2D eigenvalue weighted by atomic mass is 16.5. The molecule has 1 saturated heterocycles. The Labute approximate surface area is 91.8 Å². The average molecular weight is 214 g/mol. The van der Waals surface area contributed by atoms with E-state index in [1.165, 1.54) is 0 Å². The normalized spacial score (nSPS) is 23.1. The molecular weight excluding hydrogens is 192 g/mol. The Bertz CT molecular complexity index is 201. The van der Waals surface area contributed by atoms with E-state index in [1.807, 2.05) is 0 Å². The topological polar surface area (TPSA) is 50.4 Å². The lowest BCUT2D eigenvalue weighted by molar-refractivity contribution is -0.124. The summed E-state index contributed by atoms with van der Waals surface area (Å²) in [6.45, 7) is 5.71. The van der Waals surface area contributed by atoms with Crippen LogP contribution in [-0.4, -0.2) is 38.3 Å². The number of nitrogens with one attached hydrogen (secondary N) is 2. The Balaban J connectivity index is 2.38. The molecule has 1 aliphatic heterocycles. The van der Waals surface area contributed by atoms with Crippen molar-refractivity contribution >= 4 is 5.91 Å². The van der Waals surface area contributed by atoms with Gasteiger partial charge in [-0.2, -0.15) is 0 Å². The molecular formula is C11H22N2O2. The minimum Gasteiger partial charge on any atom is -0.383 e. The number of ether oxygens (including phenoxy) is 1.